The van der Waals surface area contributed by atoms with Gasteiger partial charge in [0.25, 0.3) is 12.1 Å². The van der Waals surface area contributed by atoms with E-state index in [1.165, 1.54) is 12.1 Å². The summed E-state index contributed by atoms with van der Waals surface area (Å²) in [6, 6.07) is 3.37. The SMILES string of the molecule is Cl.N[C@@H](c1ccc([N+](=O)[O-])cc1)C(F)F. The number of nitro benzene ring substituents is 1. The van der Waals surface area contributed by atoms with Crippen molar-refractivity contribution in [1.29, 1.82) is 0 Å². The standard InChI is InChI=1S/C8H8F2N2O2.ClH/c9-8(10)7(11)5-1-3-6(4-2-5)12(13)14;/h1-4,7-8H,11H2;1H/t7-;/m0./s1. The molecule has 0 saturated heterocycles. The lowest BCUT2D eigenvalue weighted by molar-refractivity contribution is -0.384. The van der Waals surface area contributed by atoms with Crippen molar-refractivity contribution in [3.8, 4) is 0 Å². The Bertz CT molecular complexity index is 332. The maximum Gasteiger partial charge on any atom is 0.269 e. The maximum absolute atomic E-state index is 12.1. The molecule has 0 bridgehead atoms. The number of benzene rings is 1. The third-order valence-corrected chi connectivity index (χ3v) is 1.76. The first-order valence-electron chi connectivity index (χ1n) is 3.80. The first-order valence-corrected chi connectivity index (χ1v) is 3.80. The lowest BCUT2D eigenvalue weighted by Crippen LogP contribution is -2.18. The Morgan fingerprint density at radius 3 is 2.07 bits per heavy atom. The average molecular weight is 239 g/mol. The van der Waals surface area contributed by atoms with Gasteiger partial charge >= 0.3 is 0 Å². The number of hydrogen-bond donors (Lipinski definition) is 1. The first kappa shape index (κ1) is 13.7. The fourth-order valence-electron chi connectivity index (χ4n) is 0.964. The molecule has 15 heavy (non-hydrogen) atoms. The van der Waals surface area contributed by atoms with Crippen LogP contribution in [0.2, 0.25) is 0 Å². The Kier molecular flexibility index (Phi) is 5.10. The lowest BCUT2D eigenvalue weighted by Gasteiger charge is -2.09. The first-order chi connectivity index (χ1) is 6.52. The van der Waals surface area contributed by atoms with E-state index in [1.54, 1.807) is 0 Å². The molecule has 1 rings (SSSR count). The number of halogens is 3. The summed E-state index contributed by atoms with van der Waals surface area (Å²) >= 11 is 0. The van der Waals surface area contributed by atoms with Crippen molar-refractivity contribution in [3.63, 3.8) is 0 Å². The van der Waals surface area contributed by atoms with E-state index in [1.807, 2.05) is 0 Å². The zero-order valence-corrected chi connectivity index (χ0v) is 8.29. The van der Waals surface area contributed by atoms with Gasteiger partial charge < -0.3 is 5.73 Å². The summed E-state index contributed by atoms with van der Waals surface area (Å²) in [5, 5.41) is 10.2. The van der Waals surface area contributed by atoms with Crippen LogP contribution in [-0.4, -0.2) is 11.3 Å². The molecule has 1 aromatic carbocycles. The number of hydrogen-bond acceptors (Lipinski definition) is 3. The Hall–Kier alpha value is -1.27. The summed E-state index contributed by atoms with van der Waals surface area (Å²) < 4.78 is 24.2. The zero-order chi connectivity index (χ0) is 10.7. The summed E-state index contributed by atoms with van der Waals surface area (Å²) in [6.45, 7) is 0. The quantitative estimate of drug-likeness (QED) is 0.649. The summed E-state index contributed by atoms with van der Waals surface area (Å²) in [5.41, 5.74) is 5.19. The molecular formula is C8H9ClF2N2O2. The predicted molar refractivity (Wildman–Crippen MR) is 53.3 cm³/mol. The minimum Gasteiger partial charge on any atom is -0.319 e. The molecule has 0 amide bonds. The molecule has 0 saturated carbocycles. The van der Waals surface area contributed by atoms with Gasteiger partial charge in [0.15, 0.2) is 0 Å². The van der Waals surface area contributed by atoms with Crippen molar-refractivity contribution in [2.24, 2.45) is 5.73 Å². The molecule has 0 radical (unpaired) electrons. The second-order valence-corrected chi connectivity index (χ2v) is 2.71. The summed E-state index contributed by atoms with van der Waals surface area (Å²) in [6.07, 6.45) is -2.67. The van der Waals surface area contributed by atoms with Gasteiger partial charge in [-0.25, -0.2) is 8.78 Å². The molecule has 0 spiro atoms. The molecule has 7 heteroatoms. The Morgan fingerprint density at radius 2 is 1.73 bits per heavy atom. The van der Waals surface area contributed by atoms with E-state index in [0.717, 1.165) is 12.1 Å². The van der Waals surface area contributed by atoms with Gasteiger partial charge in [-0.3, -0.25) is 10.1 Å². The van der Waals surface area contributed by atoms with Crippen molar-refractivity contribution in [2.45, 2.75) is 12.5 Å². The van der Waals surface area contributed by atoms with Gasteiger partial charge in [0, 0.05) is 12.1 Å². The highest BCUT2D eigenvalue weighted by Crippen LogP contribution is 2.20. The van der Waals surface area contributed by atoms with Crippen LogP contribution in [0.5, 0.6) is 0 Å². The van der Waals surface area contributed by atoms with Gasteiger partial charge in [0.1, 0.15) is 0 Å². The molecule has 1 atom stereocenters. The lowest BCUT2D eigenvalue weighted by atomic mass is 10.1. The molecule has 84 valence electrons. The molecule has 1 aromatic rings. The zero-order valence-electron chi connectivity index (χ0n) is 7.47. The highest BCUT2D eigenvalue weighted by molar-refractivity contribution is 5.85. The molecule has 0 unspecified atom stereocenters. The molecule has 0 aliphatic rings. The van der Waals surface area contributed by atoms with E-state index in [0.29, 0.717) is 0 Å². The van der Waals surface area contributed by atoms with Crippen LogP contribution in [0.15, 0.2) is 24.3 Å². The minimum atomic E-state index is -2.67. The van der Waals surface area contributed by atoms with Crippen LogP contribution in [-0.2, 0) is 0 Å². The highest BCUT2D eigenvalue weighted by Gasteiger charge is 2.17. The number of rotatable bonds is 3. The van der Waals surface area contributed by atoms with E-state index in [-0.39, 0.29) is 23.7 Å². The van der Waals surface area contributed by atoms with Crippen LogP contribution in [0, 0.1) is 10.1 Å². The van der Waals surface area contributed by atoms with Crippen LogP contribution in [0.25, 0.3) is 0 Å². The third kappa shape index (κ3) is 3.41. The van der Waals surface area contributed by atoms with Crippen molar-refractivity contribution in [2.75, 3.05) is 0 Å². The molecular weight excluding hydrogens is 230 g/mol. The summed E-state index contributed by atoms with van der Waals surface area (Å²) in [5.74, 6) is 0. The molecule has 0 heterocycles. The topological polar surface area (TPSA) is 69.2 Å². The van der Waals surface area contributed by atoms with Crippen LogP contribution in [0.4, 0.5) is 14.5 Å². The van der Waals surface area contributed by atoms with Gasteiger partial charge in [0.2, 0.25) is 0 Å². The van der Waals surface area contributed by atoms with Crippen molar-refractivity contribution >= 4 is 18.1 Å². The Morgan fingerprint density at radius 1 is 1.27 bits per heavy atom. The second kappa shape index (κ2) is 5.57. The number of non-ortho nitro benzene ring substituents is 1. The van der Waals surface area contributed by atoms with Gasteiger partial charge in [-0.2, -0.15) is 0 Å². The Labute approximate surface area is 90.6 Å². The summed E-state index contributed by atoms with van der Waals surface area (Å²) in [4.78, 5) is 9.64. The van der Waals surface area contributed by atoms with Gasteiger partial charge in [0.05, 0.1) is 11.0 Å². The second-order valence-electron chi connectivity index (χ2n) is 2.71. The molecule has 4 nitrogen and oxygen atoms in total. The van der Waals surface area contributed by atoms with Crippen molar-refractivity contribution < 1.29 is 13.7 Å². The van der Waals surface area contributed by atoms with E-state index in [9.17, 15) is 18.9 Å². The van der Waals surface area contributed by atoms with Crippen LogP contribution < -0.4 is 5.73 Å². The smallest absolute Gasteiger partial charge is 0.269 e. The number of nitro groups is 1. The van der Waals surface area contributed by atoms with Crippen LogP contribution >= 0.6 is 12.4 Å². The van der Waals surface area contributed by atoms with Gasteiger partial charge in [-0.15, -0.1) is 12.4 Å². The van der Waals surface area contributed by atoms with Crippen LogP contribution in [0.3, 0.4) is 0 Å². The van der Waals surface area contributed by atoms with Gasteiger partial charge in [-0.05, 0) is 5.56 Å². The number of alkyl halides is 2. The van der Waals surface area contributed by atoms with E-state index in [2.05, 4.69) is 0 Å². The number of nitrogens with zero attached hydrogens (tertiary/aromatic N) is 1. The fourth-order valence-corrected chi connectivity index (χ4v) is 0.964. The minimum absolute atomic E-state index is 0. The van der Waals surface area contributed by atoms with E-state index >= 15 is 0 Å². The molecule has 0 fully saturated rings. The van der Waals surface area contributed by atoms with E-state index in [4.69, 9.17) is 5.73 Å². The van der Waals surface area contributed by atoms with E-state index < -0.39 is 17.4 Å². The third-order valence-electron chi connectivity index (χ3n) is 1.76. The predicted octanol–water partition coefficient (Wildman–Crippen LogP) is 2.28. The van der Waals surface area contributed by atoms with Gasteiger partial charge in [-0.1, -0.05) is 12.1 Å². The fraction of sp³-hybridized carbons (Fsp3) is 0.250. The van der Waals surface area contributed by atoms with Crippen molar-refractivity contribution in [1.82, 2.24) is 0 Å². The highest BCUT2D eigenvalue weighted by atomic mass is 35.5. The molecule has 0 aliphatic heterocycles. The molecule has 2 N–H and O–H groups in total. The van der Waals surface area contributed by atoms with Crippen molar-refractivity contribution in [3.05, 3.63) is 39.9 Å². The van der Waals surface area contributed by atoms with Crippen LogP contribution in [0.1, 0.15) is 11.6 Å². The monoisotopic (exact) mass is 238 g/mol. The summed E-state index contributed by atoms with van der Waals surface area (Å²) in [7, 11) is 0. The average Bonchev–Trinajstić information content (AvgIpc) is 2.16. The molecule has 0 aromatic heterocycles. The number of nitrogens with two attached hydrogens (primary N) is 1. The largest absolute Gasteiger partial charge is 0.319 e. The maximum atomic E-state index is 12.1. The molecule has 0 aliphatic carbocycles. The normalized spacial score (nSPS) is 12.0. The Balaban J connectivity index is 0.00000196.